The van der Waals surface area contributed by atoms with Gasteiger partial charge in [0.25, 0.3) is 5.91 Å². The maximum Gasteiger partial charge on any atom is 0.275 e. The summed E-state index contributed by atoms with van der Waals surface area (Å²) in [6.45, 7) is 6.00. The van der Waals surface area contributed by atoms with Gasteiger partial charge in [-0.15, -0.1) is 0 Å². The van der Waals surface area contributed by atoms with E-state index in [-0.39, 0.29) is 5.91 Å². The lowest BCUT2D eigenvalue weighted by molar-refractivity contribution is 0.102. The topological polar surface area (TPSA) is 58.1 Å². The summed E-state index contributed by atoms with van der Waals surface area (Å²) in [5.74, 6) is 0.642. The molecule has 2 aromatic rings. The fourth-order valence-corrected chi connectivity index (χ4v) is 3.09. The highest BCUT2D eigenvalue weighted by Gasteiger charge is 2.14. The molecule has 0 unspecified atom stereocenters. The van der Waals surface area contributed by atoms with Crippen LogP contribution in [-0.2, 0) is 0 Å². The van der Waals surface area contributed by atoms with Crippen molar-refractivity contribution < 1.29 is 4.79 Å². The molecule has 0 spiro atoms. The highest BCUT2D eigenvalue weighted by atomic mass is 16.1. The summed E-state index contributed by atoms with van der Waals surface area (Å²) in [5.41, 5.74) is 3.27. The number of aryl methyl sites for hydroxylation is 2. The Morgan fingerprint density at radius 1 is 1.00 bits per heavy atom. The van der Waals surface area contributed by atoms with Crippen LogP contribution >= 0.6 is 0 Å². The van der Waals surface area contributed by atoms with E-state index in [1.165, 1.54) is 25.7 Å². The van der Waals surface area contributed by atoms with Crippen LogP contribution in [0.2, 0.25) is 0 Å². The Kier molecular flexibility index (Phi) is 5.08. The molecule has 0 aliphatic carbocycles. The van der Waals surface area contributed by atoms with Crippen LogP contribution in [0.25, 0.3) is 0 Å². The molecule has 0 bridgehead atoms. The number of nitrogens with one attached hydrogen (secondary N) is 1. The van der Waals surface area contributed by atoms with Crippen LogP contribution in [0.3, 0.4) is 0 Å². The molecule has 0 saturated carbocycles. The number of anilines is 2. The number of carbonyl (C=O) groups excluding carboxylic acids is 1. The fourth-order valence-electron chi connectivity index (χ4n) is 3.09. The summed E-state index contributed by atoms with van der Waals surface area (Å²) in [7, 11) is 0. The van der Waals surface area contributed by atoms with Gasteiger partial charge in [0.05, 0.1) is 12.4 Å². The first-order chi connectivity index (χ1) is 11.6. The summed E-state index contributed by atoms with van der Waals surface area (Å²) in [4.78, 5) is 23.5. The van der Waals surface area contributed by atoms with E-state index in [4.69, 9.17) is 0 Å². The van der Waals surface area contributed by atoms with Crippen molar-refractivity contribution in [1.29, 1.82) is 0 Å². The van der Waals surface area contributed by atoms with Crippen molar-refractivity contribution in [2.75, 3.05) is 23.3 Å². The first kappa shape index (κ1) is 16.4. The van der Waals surface area contributed by atoms with Gasteiger partial charge >= 0.3 is 0 Å². The van der Waals surface area contributed by atoms with Crippen LogP contribution < -0.4 is 10.2 Å². The number of carbonyl (C=O) groups is 1. The Labute approximate surface area is 143 Å². The summed E-state index contributed by atoms with van der Waals surface area (Å²) >= 11 is 0. The highest BCUT2D eigenvalue weighted by molar-refractivity contribution is 6.03. The van der Waals surface area contributed by atoms with Gasteiger partial charge in [0, 0.05) is 18.8 Å². The van der Waals surface area contributed by atoms with E-state index in [2.05, 4.69) is 20.2 Å². The van der Waals surface area contributed by atoms with Crippen LogP contribution in [0.15, 0.2) is 30.6 Å². The largest absolute Gasteiger partial charge is 0.355 e. The number of hydrogen-bond donors (Lipinski definition) is 1. The number of aromatic nitrogens is 2. The normalized spacial score (nSPS) is 15.0. The molecule has 0 radical (unpaired) electrons. The van der Waals surface area contributed by atoms with E-state index in [1.54, 1.807) is 12.4 Å². The average molecular weight is 324 g/mol. The minimum atomic E-state index is -0.220. The van der Waals surface area contributed by atoms with Crippen molar-refractivity contribution in [3.8, 4) is 0 Å². The Hall–Kier alpha value is -2.43. The standard InChI is InChI=1S/C19H24N4O/c1-14-8-7-9-15(2)18(14)22-19(24)16-12-21-17(13-20-16)23-10-5-3-4-6-11-23/h7-9,12-13H,3-6,10-11H2,1-2H3,(H,22,24). The van der Waals surface area contributed by atoms with E-state index in [0.29, 0.717) is 5.69 Å². The zero-order chi connectivity index (χ0) is 16.9. The van der Waals surface area contributed by atoms with Crippen molar-refractivity contribution in [1.82, 2.24) is 9.97 Å². The number of nitrogens with zero attached hydrogens (tertiary/aromatic N) is 3. The Morgan fingerprint density at radius 2 is 1.67 bits per heavy atom. The molecular formula is C19H24N4O. The molecule has 1 N–H and O–H groups in total. The number of rotatable bonds is 3. The Balaban J connectivity index is 1.72. The van der Waals surface area contributed by atoms with Gasteiger partial charge in [-0.1, -0.05) is 31.0 Å². The van der Waals surface area contributed by atoms with E-state index < -0.39 is 0 Å². The molecule has 1 amide bonds. The van der Waals surface area contributed by atoms with Gasteiger partial charge in [-0.3, -0.25) is 4.79 Å². The fraction of sp³-hybridized carbons (Fsp3) is 0.421. The van der Waals surface area contributed by atoms with Gasteiger partial charge in [0.15, 0.2) is 0 Å². The summed E-state index contributed by atoms with van der Waals surface area (Å²) in [6.07, 6.45) is 8.22. The molecule has 1 saturated heterocycles. The molecule has 1 aromatic heterocycles. The molecule has 1 aliphatic heterocycles. The van der Waals surface area contributed by atoms with Crippen LogP contribution in [0.4, 0.5) is 11.5 Å². The molecule has 3 rings (SSSR count). The van der Waals surface area contributed by atoms with Gasteiger partial charge in [0.2, 0.25) is 0 Å². The maximum atomic E-state index is 12.4. The SMILES string of the molecule is Cc1cccc(C)c1NC(=O)c1cnc(N2CCCCCC2)cn1. The second-order valence-corrected chi connectivity index (χ2v) is 6.38. The first-order valence-corrected chi connectivity index (χ1v) is 8.60. The second-order valence-electron chi connectivity index (χ2n) is 6.38. The molecule has 1 fully saturated rings. The number of para-hydroxylation sites is 1. The van der Waals surface area contributed by atoms with Gasteiger partial charge in [-0.2, -0.15) is 0 Å². The number of benzene rings is 1. The Bertz CT molecular complexity index is 684. The average Bonchev–Trinajstić information content (AvgIpc) is 2.88. The van der Waals surface area contributed by atoms with E-state index in [1.807, 2.05) is 32.0 Å². The lowest BCUT2D eigenvalue weighted by atomic mass is 10.1. The minimum absolute atomic E-state index is 0.220. The van der Waals surface area contributed by atoms with Crippen molar-refractivity contribution in [2.24, 2.45) is 0 Å². The van der Waals surface area contributed by atoms with Crippen molar-refractivity contribution >= 4 is 17.4 Å². The van der Waals surface area contributed by atoms with E-state index in [0.717, 1.165) is 35.7 Å². The minimum Gasteiger partial charge on any atom is -0.355 e. The zero-order valence-electron chi connectivity index (χ0n) is 14.4. The van der Waals surface area contributed by atoms with Gasteiger partial charge in [-0.05, 0) is 37.8 Å². The predicted molar refractivity (Wildman–Crippen MR) is 96.6 cm³/mol. The summed E-state index contributed by atoms with van der Waals surface area (Å²) in [6, 6.07) is 5.95. The smallest absolute Gasteiger partial charge is 0.275 e. The van der Waals surface area contributed by atoms with Gasteiger partial charge in [0.1, 0.15) is 11.5 Å². The molecule has 1 aliphatic rings. The first-order valence-electron chi connectivity index (χ1n) is 8.60. The molecule has 126 valence electrons. The van der Waals surface area contributed by atoms with Crippen molar-refractivity contribution in [3.05, 3.63) is 47.4 Å². The summed E-state index contributed by atoms with van der Waals surface area (Å²) < 4.78 is 0. The third-order valence-electron chi connectivity index (χ3n) is 4.52. The zero-order valence-corrected chi connectivity index (χ0v) is 14.4. The molecule has 1 aromatic carbocycles. The van der Waals surface area contributed by atoms with Crippen LogP contribution in [-0.4, -0.2) is 29.0 Å². The van der Waals surface area contributed by atoms with Crippen LogP contribution in [0.5, 0.6) is 0 Å². The second kappa shape index (κ2) is 7.43. The third-order valence-corrected chi connectivity index (χ3v) is 4.52. The van der Waals surface area contributed by atoms with E-state index >= 15 is 0 Å². The van der Waals surface area contributed by atoms with Crippen molar-refractivity contribution in [3.63, 3.8) is 0 Å². The van der Waals surface area contributed by atoms with Gasteiger partial charge in [-0.25, -0.2) is 9.97 Å². The number of amides is 1. The monoisotopic (exact) mass is 324 g/mol. The van der Waals surface area contributed by atoms with Gasteiger partial charge < -0.3 is 10.2 Å². The predicted octanol–water partition coefficient (Wildman–Crippen LogP) is 3.73. The Morgan fingerprint density at radius 3 is 2.25 bits per heavy atom. The molecule has 5 nitrogen and oxygen atoms in total. The maximum absolute atomic E-state index is 12.4. The molecule has 0 atom stereocenters. The lowest BCUT2D eigenvalue weighted by Crippen LogP contribution is -2.25. The van der Waals surface area contributed by atoms with E-state index in [9.17, 15) is 4.79 Å². The molecule has 2 heterocycles. The molecule has 24 heavy (non-hydrogen) atoms. The number of hydrogen-bond acceptors (Lipinski definition) is 4. The highest BCUT2D eigenvalue weighted by Crippen LogP contribution is 2.20. The lowest BCUT2D eigenvalue weighted by Gasteiger charge is -2.20. The molecular weight excluding hydrogens is 300 g/mol. The molecule has 5 heteroatoms. The van der Waals surface area contributed by atoms with Crippen LogP contribution in [0, 0.1) is 13.8 Å². The third kappa shape index (κ3) is 3.72. The summed E-state index contributed by atoms with van der Waals surface area (Å²) in [5, 5.41) is 2.95. The van der Waals surface area contributed by atoms with Crippen molar-refractivity contribution in [2.45, 2.75) is 39.5 Å². The van der Waals surface area contributed by atoms with Crippen LogP contribution in [0.1, 0.15) is 47.3 Å². The quantitative estimate of drug-likeness (QED) is 0.934.